The summed E-state index contributed by atoms with van der Waals surface area (Å²) in [5.74, 6) is -3.90. The SMILES string of the molecule is C=CC(=O)OCCCOC(C)(C)C(=O)c1ccc(C(=O)O)c(C(=O)O)c1. The van der Waals surface area contributed by atoms with E-state index in [2.05, 4.69) is 6.58 Å². The van der Waals surface area contributed by atoms with Gasteiger partial charge >= 0.3 is 17.9 Å². The lowest BCUT2D eigenvalue weighted by Crippen LogP contribution is -2.36. The first kappa shape index (κ1) is 21.0. The third-order valence-corrected chi connectivity index (χ3v) is 3.45. The monoisotopic (exact) mass is 364 g/mol. The molecule has 8 nitrogen and oxygen atoms in total. The highest BCUT2D eigenvalue weighted by Gasteiger charge is 2.30. The highest BCUT2D eigenvalue weighted by atomic mass is 16.5. The molecule has 0 unspecified atom stereocenters. The van der Waals surface area contributed by atoms with Crippen LogP contribution in [-0.4, -0.2) is 52.7 Å². The van der Waals surface area contributed by atoms with Crippen LogP contribution in [0.2, 0.25) is 0 Å². The topological polar surface area (TPSA) is 127 Å². The smallest absolute Gasteiger partial charge is 0.336 e. The molecule has 0 saturated heterocycles. The van der Waals surface area contributed by atoms with Crippen LogP contribution in [-0.2, 0) is 14.3 Å². The highest BCUT2D eigenvalue weighted by Crippen LogP contribution is 2.21. The number of Topliss-reactive ketones (excluding diaryl/α,β-unsaturated/α-hetero) is 1. The molecule has 0 spiro atoms. The minimum atomic E-state index is -1.44. The van der Waals surface area contributed by atoms with Crippen molar-refractivity contribution in [2.24, 2.45) is 0 Å². The molecule has 0 atom stereocenters. The Bertz CT molecular complexity index is 733. The molecule has 1 aromatic rings. The normalized spacial score (nSPS) is 10.8. The van der Waals surface area contributed by atoms with Crippen molar-refractivity contribution >= 4 is 23.7 Å². The summed E-state index contributed by atoms with van der Waals surface area (Å²) in [5, 5.41) is 18.1. The van der Waals surface area contributed by atoms with Gasteiger partial charge in [-0.05, 0) is 26.0 Å². The van der Waals surface area contributed by atoms with Crippen molar-refractivity contribution in [3.63, 3.8) is 0 Å². The highest BCUT2D eigenvalue weighted by molar-refractivity contribution is 6.07. The van der Waals surface area contributed by atoms with Gasteiger partial charge in [-0.1, -0.05) is 12.6 Å². The fraction of sp³-hybridized carbons (Fsp3) is 0.333. The summed E-state index contributed by atoms with van der Waals surface area (Å²) < 4.78 is 10.3. The van der Waals surface area contributed by atoms with E-state index in [0.29, 0.717) is 6.42 Å². The van der Waals surface area contributed by atoms with Crippen molar-refractivity contribution in [1.29, 1.82) is 0 Å². The fourth-order valence-electron chi connectivity index (χ4n) is 2.08. The molecule has 8 heteroatoms. The molecular weight excluding hydrogens is 344 g/mol. The summed E-state index contributed by atoms with van der Waals surface area (Å²) in [7, 11) is 0. The third-order valence-electron chi connectivity index (χ3n) is 3.45. The Morgan fingerprint density at radius 2 is 1.69 bits per heavy atom. The third kappa shape index (κ3) is 5.52. The van der Waals surface area contributed by atoms with Crippen molar-refractivity contribution < 1.29 is 38.9 Å². The maximum atomic E-state index is 12.6. The minimum absolute atomic E-state index is 0.0236. The number of carbonyl (C=O) groups is 4. The number of carboxylic acids is 2. The van der Waals surface area contributed by atoms with Crippen LogP contribution in [0.1, 0.15) is 51.3 Å². The van der Waals surface area contributed by atoms with Crippen molar-refractivity contribution in [3.8, 4) is 0 Å². The van der Waals surface area contributed by atoms with E-state index in [0.717, 1.165) is 18.2 Å². The Morgan fingerprint density at radius 1 is 1.08 bits per heavy atom. The molecule has 0 fully saturated rings. The van der Waals surface area contributed by atoms with E-state index in [4.69, 9.17) is 19.7 Å². The van der Waals surface area contributed by atoms with E-state index < -0.39 is 40.4 Å². The average Bonchev–Trinajstić information content (AvgIpc) is 2.59. The second-order valence-electron chi connectivity index (χ2n) is 5.78. The summed E-state index contributed by atoms with van der Waals surface area (Å²) in [6, 6.07) is 3.34. The van der Waals surface area contributed by atoms with Crippen LogP contribution in [0.5, 0.6) is 0 Å². The zero-order chi connectivity index (χ0) is 19.9. The van der Waals surface area contributed by atoms with Crippen LogP contribution in [0.4, 0.5) is 0 Å². The molecule has 26 heavy (non-hydrogen) atoms. The predicted octanol–water partition coefficient (Wildman–Crippen LogP) is 2.18. The van der Waals surface area contributed by atoms with Gasteiger partial charge in [0, 0.05) is 18.1 Å². The Kier molecular flexibility index (Phi) is 7.21. The van der Waals surface area contributed by atoms with Gasteiger partial charge in [0.1, 0.15) is 5.60 Å². The number of carbonyl (C=O) groups excluding carboxylic acids is 2. The number of carboxylic acid groups (broad SMARTS) is 2. The van der Waals surface area contributed by atoms with E-state index in [1.165, 1.54) is 19.9 Å². The molecule has 1 aromatic carbocycles. The summed E-state index contributed by atoms with van der Waals surface area (Å²) in [4.78, 5) is 45.8. The lowest BCUT2D eigenvalue weighted by molar-refractivity contribution is -0.138. The molecule has 0 heterocycles. The number of rotatable bonds is 10. The average molecular weight is 364 g/mol. The number of hydrogen-bond donors (Lipinski definition) is 2. The molecule has 0 saturated carbocycles. The fourth-order valence-corrected chi connectivity index (χ4v) is 2.08. The lowest BCUT2D eigenvalue weighted by Gasteiger charge is -2.24. The van der Waals surface area contributed by atoms with Crippen LogP contribution < -0.4 is 0 Å². The van der Waals surface area contributed by atoms with Crippen molar-refractivity contribution in [3.05, 3.63) is 47.5 Å². The van der Waals surface area contributed by atoms with Gasteiger partial charge in [-0.25, -0.2) is 14.4 Å². The van der Waals surface area contributed by atoms with E-state index in [-0.39, 0.29) is 18.8 Å². The lowest BCUT2D eigenvalue weighted by atomic mass is 9.93. The first-order chi connectivity index (χ1) is 12.1. The van der Waals surface area contributed by atoms with E-state index in [1.807, 2.05) is 0 Å². The Balaban J connectivity index is 2.81. The summed E-state index contributed by atoms with van der Waals surface area (Å²) >= 11 is 0. The number of aromatic carboxylic acids is 2. The number of benzene rings is 1. The molecule has 0 aliphatic heterocycles. The summed E-state index contributed by atoms with van der Waals surface area (Å²) in [6.07, 6.45) is 1.39. The Hall–Kier alpha value is -3.00. The second-order valence-corrected chi connectivity index (χ2v) is 5.78. The molecule has 1 rings (SSSR count). The molecule has 0 radical (unpaired) electrons. The first-order valence-electron chi connectivity index (χ1n) is 7.68. The van der Waals surface area contributed by atoms with Crippen molar-refractivity contribution in [2.45, 2.75) is 25.9 Å². The minimum Gasteiger partial charge on any atom is -0.478 e. The van der Waals surface area contributed by atoms with Gasteiger partial charge in [-0.3, -0.25) is 4.79 Å². The molecule has 140 valence electrons. The van der Waals surface area contributed by atoms with E-state index >= 15 is 0 Å². The number of esters is 1. The molecule has 0 amide bonds. The van der Waals surface area contributed by atoms with Gasteiger partial charge in [0.15, 0.2) is 5.78 Å². The number of hydrogen-bond acceptors (Lipinski definition) is 6. The van der Waals surface area contributed by atoms with Gasteiger partial charge < -0.3 is 19.7 Å². The number of ether oxygens (including phenoxy) is 2. The van der Waals surface area contributed by atoms with Crippen molar-refractivity contribution in [1.82, 2.24) is 0 Å². The van der Waals surface area contributed by atoms with Crippen LogP contribution >= 0.6 is 0 Å². The Morgan fingerprint density at radius 3 is 2.23 bits per heavy atom. The standard InChI is InChI=1S/C18H20O8/c1-4-14(19)25-8-5-9-26-18(2,3)15(20)11-6-7-12(16(21)22)13(10-11)17(23)24/h4,6-7,10H,1,5,8-9H2,2-3H3,(H,21,22)(H,23,24). The van der Waals surface area contributed by atoms with Gasteiger partial charge in [-0.15, -0.1) is 0 Å². The molecule has 0 aromatic heterocycles. The van der Waals surface area contributed by atoms with Gasteiger partial charge in [0.25, 0.3) is 0 Å². The number of ketones is 1. The second kappa shape index (κ2) is 8.91. The summed E-state index contributed by atoms with van der Waals surface area (Å²) in [6.45, 7) is 6.51. The predicted molar refractivity (Wildman–Crippen MR) is 90.5 cm³/mol. The molecule has 2 N–H and O–H groups in total. The Labute approximate surface area is 150 Å². The molecular formula is C18H20O8. The van der Waals surface area contributed by atoms with Crippen LogP contribution in [0.3, 0.4) is 0 Å². The summed E-state index contributed by atoms with van der Waals surface area (Å²) in [5.41, 5.74) is -2.13. The van der Waals surface area contributed by atoms with Gasteiger partial charge in [-0.2, -0.15) is 0 Å². The first-order valence-corrected chi connectivity index (χ1v) is 7.68. The largest absolute Gasteiger partial charge is 0.478 e. The van der Waals surface area contributed by atoms with E-state index in [9.17, 15) is 19.2 Å². The van der Waals surface area contributed by atoms with E-state index in [1.54, 1.807) is 0 Å². The maximum absolute atomic E-state index is 12.6. The van der Waals surface area contributed by atoms with Gasteiger partial charge in [0.05, 0.1) is 24.3 Å². The van der Waals surface area contributed by atoms with Crippen LogP contribution in [0, 0.1) is 0 Å². The maximum Gasteiger partial charge on any atom is 0.336 e. The zero-order valence-electron chi connectivity index (χ0n) is 14.5. The molecule has 0 aliphatic carbocycles. The van der Waals surface area contributed by atoms with Crippen molar-refractivity contribution in [2.75, 3.05) is 13.2 Å². The quantitative estimate of drug-likeness (QED) is 0.280. The molecule has 0 aliphatic rings. The molecule has 0 bridgehead atoms. The van der Waals surface area contributed by atoms with Crippen LogP contribution in [0.25, 0.3) is 0 Å². The zero-order valence-corrected chi connectivity index (χ0v) is 14.5. The van der Waals surface area contributed by atoms with Gasteiger partial charge in [0.2, 0.25) is 0 Å². The van der Waals surface area contributed by atoms with Crippen LogP contribution in [0.15, 0.2) is 30.9 Å².